The summed E-state index contributed by atoms with van der Waals surface area (Å²) in [5, 5.41) is 3.06. The minimum atomic E-state index is -0.0345. The van der Waals surface area contributed by atoms with Crippen LogP contribution in [0.1, 0.15) is 25.8 Å². The summed E-state index contributed by atoms with van der Waals surface area (Å²) >= 11 is 0. The van der Waals surface area contributed by atoms with Crippen molar-refractivity contribution in [3.05, 3.63) is 23.8 Å². The van der Waals surface area contributed by atoms with Gasteiger partial charge in [-0.3, -0.25) is 4.79 Å². The number of ether oxygens (including phenoxy) is 2. The predicted octanol–water partition coefficient (Wildman–Crippen LogP) is 1.49. The summed E-state index contributed by atoms with van der Waals surface area (Å²) in [6, 6.07) is 5.82. The van der Waals surface area contributed by atoms with Gasteiger partial charge in [0.05, 0.1) is 20.6 Å². The summed E-state index contributed by atoms with van der Waals surface area (Å²) in [5.74, 6) is 1.30. The zero-order chi connectivity index (χ0) is 15.6. The Morgan fingerprint density at radius 1 is 1.33 bits per heavy atom. The highest BCUT2D eigenvalue weighted by atomic mass is 16.5. The highest BCUT2D eigenvalue weighted by molar-refractivity contribution is 5.79. The van der Waals surface area contributed by atoms with Gasteiger partial charge < -0.3 is 20.5 Å². The number of benzene rings is 1. The van der Waals surface area contributed by atoms with Crippen LogP contribution in [0.25, 0.3) is 0 Å². The maximum Gasteiger partial charge on any atom is 0.224 e. The van der Waals surface area contributed by atoms with Crippen molar-refractivity contribution in [2.45, 2.75) is 38.8 Å². The van der Waals surface area contributed by atoms with E-state index in [-0.39, 0.29) is 23.4 Å². The van der Waals surface area contributed by atoms with Crippen molar-refractivity contribution in [3.8, 4) is 11.5 Å². The van der Waals surface area contributed by atoms with Gasteiger partial charge in [-0.2, -0.15) is 0 Å². The fourth-order valence-electron chi connectivity index (χ4n) is 2.63. The first-order chi connectivity index (χ1) is 9.88. The average Bonchev–Trinajstić information content (AvgIpc) is 2.46. The predicted molar refractivity (Wildman–Crippen MR) is 81.6 cm³/mol. The third-order valence-electron chi connectivity index (χ3n) is 4.49. The first kappa shape index (κ1) is 15.6. The van der Waals surface area contributed by atoms with Crippen molar-refractivity contribution in [2.75, 3.05) is 14.2 Å². The fourth-order valence-corrected chi connectivity index (χ4v) is 2.63. The molecule has 1 aliphatic rings. The minimum Gasteiger partial charge on any atom is -0.493 e. The Hall–Kier alpha value is -1.75. The Morgan fingerprint density at radius 3 is 2.52 bits per heavy atom. The van der Waals surface area contributed by atoms with E-state index in [0.29, 0.717) is 17.9 Å². The molecule has 0 heterocycles. The van der Waals surface area contributed by atoms with Gasteiger partial charge in [0, 0.05) is 17.5 Å². The summed E-state index contributed by atoms with van der Waals surface area (Å²) in [7, 11) is 3.17. The maximum atomic E-state index is 12.1. The highest BCUT2D eigenvalue weighted by Gasteiger charge is 2.46. The van der Waals surface area contributed by atoms with Gasteiger partial charge >= 0.3 is 0 Å². The molecule has 2 rings (SSSR count). The lowest BCUT2D eigenvalue weighted by molar-refractivity contribution is -0.123. The van der Waals surface area contributed by atoms with Gasteiger partial charge in [0.1, 0.15) is 0 Å². The third-order valence-corrected chi connectivity index (χ3v) is 4.49. The number of rotatable bonds is 5. The van der Waals surface area contributed by atoms with E-state index in [1.165, 1.54) is 0 Å². The average molecular weight is 292 g/mol. The molecule has 1 amide bonds. The second-order valence-corrected chi connectivity index (χ2v) is 6.15. The lowest BCUT2D eigenvalue weighted by Crippen LogP contribution is -2.64. The Kier molecular flexibility index (Phi) is 4.42. The van der Waals surface area contributed by atoms with Crippen LogP contribution < -0.4 is 20.5 Å². The number of methoxy groups -OCH3 is 2. The van der Waals surface area contributed by atoms with Gasteiger partial charge in [-0.1, -0.05) is 19.9 Å². The highest BCUT2D eigenvalue weighted by Crippen LogP contribution is 2.39. The standard InChI is InChI=1S/C16H24N2O3/c1-16(2)13(17)9-14(16)18-15(19)8-10-5-6-11(20-3)12(7-10)21-4/h5-7,13-14H,8-9,17H2,1-4H3,(H,18,19). The van der Waals surface area contributed by atoms with Gasteiger partial charge in [0.15, 0.2) is 11.5 Å². The molecule has 5 heteroatoms. The molecule has 3 N–H and O–H groups in total. The molecule has 0 bridgehead atoms. The Morgan fingerprint density at radius 2 is 2.00 bits per heavy atom. The van der Waals surface area contributed by atoms with Gasteiger partial charge in [0.2, 0.25) is 5.91 Å². The number of hydrogen-bond donors (Lipinski definition) is 2. The van der Waals surface area contributed by atoms with Crippen molar-refractivity contribution in [1.82, 2.24) is 5.32 Å². The van der Waals surface area contributed by atoms with Crippen molar-refractivity contribution in [1.29, 1.82) is 0 Å². The molecule has 5 nitrogen and oxygen atoms in total. The zero-order valence-electron chi connectivity index (χ0n) is 13.1. The van der Waals surface area contributed by atoms with E-state index in [9.17, 15) is 4.79 Å². The van der Waals surface area contributed by atoms with Gasteiger partial charge in [-0.25, -0.2) is 0 Å². The summed E-state index contributed by atoms with van der Waals surface area (Å²) in [5.41, 5.74) is 6.82. The molecule has 1 aromatic rings. The molecule has 0 aliphatic heterocycles. The molecular formula is C16H24N2O3. The van der Waals surface area contributed by atoms with Crippen LogP contribution in [-0.4, -0.2) is 32.2 Å². The van der Waals surface area contributed by atoms with Crippen molar-refractivity contribution < 1.29 is 14.3 Å². The van der Waals surface area contributed by atoms with E-state index in [0.717, 1.165) is 12.0 Å². The van der Waals surface area contributed by atoms with E-state index in [4.69, 9.17) is 15.2 Å². The molecule has 116 valence electrons. The first-order valence-electron chi connectivity index (χ1n) is 7.14. The maximum absolute atomic E-state index is 12.1. The van der Waals surface area contributed by atoms with E-state index < -0.39 is 0 Å². The van der Waals surface area contributed by atoms with Crippen LogP contribution in [0, 0.1) is 5.41 Å². The molecule has 0 spiro atoms. The number of carbonyl (C=O) groups excluding carboxylic acids is 1. The van der Waals surface area contributed by atoms with E-state index in [1.54, 1.807) is 14.2 Å². The minimum absolute atomic E-state index is 0.00666. The van der Waals surface area contributed by atoms with Crippen LogP contribution in [0.4, 0.5) is 0 Å². The van der Waals surface area contributed by atoms with Crippen molar-refractivity contribution in [2.24, 2.45) is 11.1 Å². The SMILES string of the molecule is COc1ccc(CC(=O)NC2CC(N)C2(C)C)cc1OC. The second-order valence-electron chi connectivity index (χ2n) is 6.15. The Balaban J connectivity index is 1.97. The topological polar surface area (TPSA) is 73.6 Å². The Labute approximate surface area is 125 Å². The van der Waals surface area contributed by atoms with Crippen LogP contribution >= 0.6 is 0 Å². The molecule has 1 aromatic carbocycles. The summed E-state index contributed by atoms with van der Waals surface area (Å²) in [6.45, 7) is 4.17. The normalized spacial score (nSPS) is 23.1. The number of nitrogens with one attached hydrogen (secondary N) is 1. The molecule has 1 aliphatic carbocycles. The van der Waals surface area contributed by atoms with E-state index in [2.05, 4.69) is 19.2 Å². The molecule has 1 saturated carbocycles. The quantitative estimate of drug-likeness (QED) is 0.862. The van der Waals surface area contributed by atoms with Crippen LogP contribution in [0.5, 0.6) is 11.5 Å². The Bertz CT molecular complexity index is 528. The molecule has 2 atom stereocenters. The van der Waals surface area contributed by atoms with Crippen molar-refractivity contribution in [3.63, 3.8) is 0 Å². The number of carbonyl (C=O) groups is 1. The summed E-state index contributed by atoms with van der Waals surface area (Å²) in [4.78, 5) is 12.1. The second kappa shape index (κ2) is 5.93. The smallest absolute Gasteiger partial charge is 0.224 e. The lowest BCUT2D eigenvalue weighted by Gasteiger charge is -2.50. The monoisotopic (exact) mass is 292 g/mol. The number of nitrogens with two attached hydrogens (primary N) is 1. The number of amides is 1. The third kappa shape index (κ3) is 3.13. The fraction of sp³-hybridized carbons (Fsp3) is 0.562. The largest absolute Gasteiger partial charge is 0.493 e. The van der Waals surface area contributed by atoms with E-state index in [1.807, 2.05) is 18.2 Å². The lowest BCUT2D eigenvalue weighted by atomic mass is 9.63. The van der Waals surface area contributed by atoms with E-state index >= 15 is 0 Å². The zero-order valence-corrected chi connectivity index (χ0v) is 13.1. The van der Waals surface area contributed by atoms with Crippen LogP contribution in [0.3, 0.4) is 0 Å². The molecule has 0 radical (unpaired) electrons. The number of hydrogen-bond acceptors (Lipinski definition) is 4. The summed E-state index contributed by atoms with van der Waals surface area (Å²) < 4.78 is 10.4. The molecule has 2 unspecified atom stereocenters. The first-order valence-corrected chi connectivity index (χ1v) is 7.14. The van der Waals surface area contributed by atoms with Crippen molar-refractivity contribution >= 4 is 5.91 Å². The molecule has 0 aromatic heterocycles. The summed E-state index contributed by atoms with van der Waals surface area (Å²) in [6.07, 6.45) is 1.16. The molecular weight excluding hydrogens is 268 g/mol. The van der Waals surface area contributed by atoms with Crippen LogP contribution in [-0.2, 0) is 11.2 Å². The molecule has 0 saturated heterocycles. The van der Waals surface area contributed by atoms with Gasteiger partial charge in [0.25, 0.3) is 0 Å². The van der Waals surface area contributed by atoms with Crippen LogP contribution in [0.15, 0.2) is 18.2 Å². The molecule has 1 fully saturated rings. The van der Waals surface area contributed by atoms with Crippen LogP contribution in [0.2, 0.25) is 0 Å². The molecule has 21 heavy (non-hydrogen) atoms. The van der Waals surface area contributed by atoms with Gasteiger partial charge in [-0.15, -0.1) is 0 Å². The van der Waals surface area contributed by atoms with Gasteiger partial charge in [-0.05, 0) is 24.1 Å².